The van der Waals surface area contributed by atoms with E-state index in [1.807, 2.05) is 0 Å². The van der Waals surface area contributed by atoms with Crippen LogP contribution in [0.2, 0.25) is 0 Å². The van der Waals surface area contributed by atoms with Crippen LogP contribution in [-0.2, 0) is 9.59 Å². The summed E-state index contributed by atoms with van der Waals surface area (Å²) in [5.41, 5.74) is 1.07. The number of benzene rings is 2. The number of ether oxygens (including phenoxy) is 3. The topological polar surface area (TPSA) is 85.3 Å². The van der Waals surface area contributed by atoms with E-state index in [1.54, 1.807) is 68.7 Å². The van der Waals surface area contributed by atoms with Gasteiger partial charge in [-0.1, -0.05) is 64.7 Å². The molecule has 0 aliphatic carbocycles. The molecule has 1 N–H and O–H groups in total. The van der Waals surface area contributed by atoms with Crippen molar-refractivity contribution in [3.05, 3.63) is 59.2 Å². The van der Waals surface area contributed by atoms with Crippen LogP contribution in [0.4, 0.5) is 0 Å². The average Bonchev–Trinajstić information content (AvgIpc) is 3.22. The smallest absolute Gasteiger partial charge is 0.295 e. The Balaban J connectivity index is 1.84. The number of carbonyl (C=O) groups excluding carboxylic acids is 2. The molecule has 1 aliphatic rings. The first-order valence-electron chi connectivity index (χ1n) is 14.1. The minimum Gasteiger partial charge on any atom is -0.507 e. The summed E-state index contributed by atoms with van der Waals surface area (Å²) < 4.78 is 16.3. The Bertz CT molecular complexity index is 1120. The van der Waals surface area contributed by atoms with Crippen LogP contribution in [-0.4, -0.2) is 49.6 Å². The molecule has 0 spiro atoms. The standard InChI is InChI=1S/C32H43NO6/c1-5-6-7-8-9-10-11-12-13-14-21-33-29(26-22-25(38-3)19-20-27(26)39-4)28(31(35)32(33)36)30(34)23-15-17-24(37-2)18-16-23/h15-20,22,29,34H,5-14,21H2,1-4H3/t29-/m1/s1. The molecular weight excluding hydrogens is 494 g/mol. The Kier molecular flexibility index (Phi) is 11.7. The fourth-order valence-electron chi connectivity index (χ4n) is 5.16. The second-order valence-electron chi connectivity index (χ2n) is 10.0. The van der Waals surface area contributed by atoms with Crippen LogP contribution in [0.3, 0.4) is 0 Å². The van der Waals surface area contributed by atoms with E-state index < -0.39 is 17.7 Å². The van der Waals surface area contributed by atoms with Crippen molar-refractivity contribution in [1.82, 2.24) is 4.90 Å². The zero-order chi connectivity index (χ0) is 28.2. The molecule has 212 valence electrons. The summed E-state index contributed by atoms with van der Waals surface area (Å²) >= 11 is 0. The number of methoxy groups -OCH3 is 3. The lowest BCUT2D eigenvalue weighted by Gasteiger charge is -2.27. The molecule has 7 heteroatoms. The number of hydrogen-bond acceptors (Lipinski definition) is 6. The Hall–Kier alpha value is -3.48. The van der Waals surface area contributed by atoms with Gasteiger partial charge >= 0.3 is 0 Å². The van der Waals surface area contributed by atoms with Gasteiger partial charge in [0.15, 0.2) is 0 Å². The molecule has 0 aromatic heterocycles. The van der Waals surface area contributed by atoms with Crippen LogP contribution in [0.5, 0.6) is 17.2 Å². The Morgan fingerprint density at radius 1 is 0.769 bits per heavy atom. The highest BCUT2D eigenvalue weighted by molar-refractivity contribution is 6.46. The highest BCUT2D eigenvalue weighted by Gasteiger charge is 2.47. The van der Waals surface area contributed by atoms with Gasteiger partial charge in [0.05, 0.1) is 32.9 Å². The third kappa shape index (κ3) is 7.55. The van der Waals surface area contributed by atoms with E-state index in [2.05, 4.69) is 6.92 Å². The first-order chi connectivity index (χ1) is 19.0. The zero-order valence-electron chi connectivity index (χ0n) is 23.8. The number of hydrogen-bond donors (Lipinski definition) is 1. The van der Waals surface area contributed by atoms with E-state index in [0.717, 1.165) is 19.3 Å². The number of likely N-dealkylation sites (tertiary alicyclic amines) is 1. The van der Waals surface area contributed by atoms with Crippen molar-refractivity contribution in [2.24, 2.45) is 0 Å². The molecule has 39 heavy (non-hydrogen) atoms. The lowest BCUT2D eigenvalue weighted by molar-refractivity contribution is -0.139. The number of rotatable bonds is 16. The Morgan fingerprint density at radius 2 is 1.33 bits per heavy atom. The van der Waals surface area contributed by atoms with Crippen molar-refractivity contribution < 1.29 is 28.9 Å². The lowest BCUT2D eigenvalue weighted by Crippen LogP contribution is -2.31. The molecule has 7 nitrogen and oxygen atoms in total. The van der Waals surface area contributed by atoms with E-state index in [4.69, 9.17) is 14.2 Å². The number of ketones is 1. The SMILES string of the molecule is CCCCCCCCCCCCN1C(=O)C(=O)C(=C(O)c2ccc(OC)cc2)[C@H]1c1cc(OC)ccc1OC. The summed E-state index contributed by atoms with van der Waals surface area (Å²) in [7, 11) is 4.66. The highest BCUT2D eigenvalue weighted by atomic mass is 16.5. The van der Waals surface area contributed by atoms with Crippen LogP contribution in [0, 0.1) is 0 Å². The monoisotopic (exact) mass is 537 g/mol. The molecule has 0 saturated carbocycles. The third-order valence-corrected chi connectivity index (χ3v) is 7.39. The first kappa shape index (κ1) is 30.1. The van der Waals surface area contributed by atoms with Gasteiger partial charge in [0.25, 0.3) is 11.7 Å². The van der Waals surface area contributed by atoms with Gasteiger partial charge in [-0.05, 0) is 48.9 Å². The largest absolute Gasteiger partial charge is 0.507 e. The van der Waals surface area contributed by atoms with Crippen molar-refractivity contribution in [2.75, 3.05) is 27.9 Å². The van der Waals surface area contributed by atoms with E-state index in [0.29, 0.717) is 34.9 Å². The van der Waals surface area contributed by atoms with Crippen LogP contribution >= 0.6 is 0 Å². The van der Waals surface area contributed by atoms with E-state index >= 15 is 0 Å². The molecular formula is C32H43NO6. The molecule has 1 heterocycles. The van der Waals surface area contributed by atoms with Crippen molar-refractivity contribution in [2.45, 2.75) is 77.2 Å². The fourth-order valence-corrected chi connectivity index (χ4v) is 5.16. The minimum atomic E-state index is -0.796. The van der Waals surface area contributed by atoms with Gasteiger partial charge < -0.3 is 24.2 Å². The number of Topliss-reactive ketones (excluding diaryl/α,β-unsaturated/α-hetero) is 1. The maximum atomic E-state index is 13.4. The summed E-state index contributed by atoms with van der Waals surface area (Å²) in [5, 5.41) is 11.3. The second kappa shape index (κ2) is 15.2. The average molecular weight is 538 g/mol. The number of carbonyl (C=O) groups is 2. The molecule has 1 amide bonds. The first-order valence-corrected chi connectivity index (χ1v) is 14.1. The van der Waals surface area contributed by atoms with Crippen LogP contribution in [0.1, 0.15) is 88.3 Å². The maximum Gasteiger partial charge on any atom is 0.295 e. The molecule has 3 rings (SSSR count). The molecule has 1 saturated heterocycles. The van der Waals surface area contributed by atoms with E-state index in [1.165, 1.54) is 44.9 Å². The van der Waals surface area contributed by atoms with E-state index in [9.17, 15) is 14.7 Å². The van der Waals surface area contributed by atoms with Gasteiger partial charge in [-0.15, -0.1) is 0 Å². The molecule has 0 radical (unpaired) electrons. The number of unbranched alkanes of at least 4 members (excludes halogenated alkanes) is 9. The fraction of sp³-hybridized carbons (Fsp3) is 0.500. The number of amides is 1. The molecule has 1 fully saturated rings. The van der Waals surface area contributed by atoms with Crippen molar-refractivity contribution >= 4 is 17.4 Å². The number of aliphatic hydroxyl groups excluding tert-OH is 1. The highest BCUT2D eigenvalue weighted by Crippen LogP contribution is 2.44. The third-order valence-electron chi connectivity index (χ3n) is 7.39. The van der Waals surface area contributed by atoms with Crippen molar-refractivity contribution in [1.29, 1.82) is 0 Å². The Morgan fingerprint density at radius 3 is 1.90 bits per heavy atom. The summed E-state index contributed by atoms with van der Waals surface area (Å²) in [6.45, 7) is 2.64. The van der Waals surface area contributed by atoms with Crippen LogP contribution < -0.4 is 14.2 Å². The molecule has 0 unspecified atom stereocenters. The zero-order valence-corrected chi connectivity index (χ0v) is 23.8. The second-order valence-corrected chi connectivity index (χ2v) is 10.0. The van der Waals surface area contributed by atoms with Crippen molar-refractivity contribution in [3.8, 4) is 17.2 Å². The molecule has 0 bridgehead atoms. The quantitative estimate of drug-likeness (QED) is 0.107. The van der Waals surface area contributed by atoms with Crippen LogP contribution in [0.25, 0.3) is 5.76 Å². The molecule has 2 aromatic carbocycles. The molecule has 1 atom stereocenters. The molecule has 1 aliphatic heterocycles. The van der Waals surface area contributed by atoms with Crippen molar-refractivity contribution in [3.63, 3.8) is 0 Å². The van der Waals surface area contributed by atoms with Gasteiger partial charge in [0.2, 0.25) is 0 Å². The van der Waals surface area contributed by atoms with Gasteiger partial charge in [-0.3, -0.25) is 9.59 Å². The van der Waals surface area contributed by atoms with Gasteiger partial charge in [0, 0.05) is 17.7 Å². The molecule has 2 aromatic rings. The summed E-state index contributed by atoms with van der Waals surface area (Å²) in [6.07, 6.45) is 11.7. The van der Waals surface area contributed by atoms with Gasteiger partial charge in [0.1, 0.15) is 23.0 Å². The predicted molar refractivity (Wildman–Crippen MR) is 153 cm³/mol. The maximum absolute atomic E-state index is 13.4. The lowest BCUT2D eigenvalue weighted by atomic mass is 9.94. The summed E-state index contributed by atoms with van der Waals surface area (Å²) in [4.78, 5) is 28.3. The predicted octanol–water partition coefficient (Wildman–Crippen LogP) is 7.06. The van der Waals surface area contributed by atoms with E-state index in [-0.39, 0.29) is 11.3 Å². The number of aliphatic hydroxyl groups is 1. The summed E-state index contributed by atoms with van der Waals surface area (Å²) in [6, 6.07) is 11.2. The number of nitrogens with zero attached hydrogens (tertiary/aromatic N) is 1. The van der Waals surface area contributed by atoms with Crippen LogP contribution in [0.15, 0.2) is 48.0 Å². The Labute approximate surface area is 232 Å². The van der Waals surface area contributed by atoms with Gasteiger partial charge in [-0.25, -0.2) is 0 Å². The van der Waals surface area contributed by atoms with Gasteiger partial charge in [-0.2, -0.15) is 0 Å². The minimum absolute atomic E-state index is 0.0452. The normalized spacial score (nSPS) is 16.5. The summed E-state index contributed by atoms with van der Waals surface area (Å²) in [5.74, 6) is 0.160.